The summed E-state index contributed by atoms with van der Waals surface area (Å²) in [6.07, 6.45) is 0. The van der Waals surface area contributed by atoms with Crippen LogP contribution in [0.1, 0.15) is 5.56 Å². The molecule has 30 heavy (non-hydrogen) atoms. The van der Waals surface area contributed by atoms with Crippen LogP contribution >= 0.6 is 11.8 Å². The minimum atomic E-state index is -0.308. The second kappa shape index (κ2) is 9.37. The number of amides is 1. The monoisotopic (exact) mass is 418 g/mol. The summed E-state index contributed by atoms with van der Waals surface area (Å²) in [5, 5.41) is 3.51. The van der Waals surface area contributed by atoms with Crippen molar-refractivity contribution in [2.24, 2.45) is 9.98 Å². The van der Waals surface area contributed by atoms with E-state index in [1.165, 1.54) is 23.9 Å². The van der Waals surface area contributed by atoms with Gasteiger partial charge in [0.15, 0.2) is 11.0 Å². The van der Waals surface area contributed by atoms with Crippen LogP contribution in [0.2, 0.25) is 0 Å². The molecule has 1 amide bonds. The fraction of sp³-hybridized carbons (Fsp3) is 0.0870. The van der Waals surface area contributed by atoms with Gasteiger partial charge >= 0.3 is 0 Å². The minimum absolute atomic E-state index is 0.128. The maximum atomic E-state index is 13.4. The lowest BCUT2D eigenvalue weighted by Gasteiger charge is -2.27. The number of nitrogens with one attached hydrogen (secondary N) is 1. The molecular formula is C23H19FN4OS. The van der Waals surface area contributed by atoms with Crippen LogP contribution in [0.5, 0.6) is 0 Å². The molecule has 0 unspecified atom stereocenters. The van der Waals surface area contributed by atoms with Crippen LogP contribution in [-0.2, 0) is 4.79 Å². The van der Waals surface area contributed by atoms with E-state index in [4.69, 9.17) is 4.99 Å². The highest BCUT2D eigenvalue weighted by Gasteiger charge is 2.21. The van der Waals surface area contributed by atoms with E-state index in [1.54, 1.807) is 12.1 Å². The molecule has 0 aromatic heterocycles. The number of benzene rings is 3. The molecule has 0 bridgehead atoms. The number of hydrogen-bond donors (Lipinski definition) is 1. The molecule has 0 radical (unpaired) electrons. The first-order valence-electron chi connectivity index (χ1n) is 9.38. The molecule has 0 saturated carbocycles. The molecule has 0 fully saturated rings. The molecule has 0 atom stereocenters. The van der Waals surface area contributed by atoms with Crippen molar-refractivity contribution in [1.82, 2.24) is 0 Å². The van der Waals surface area contributed by atoms with E-state index in [0.717, 1.165) is 16.9 Å². The molecule has 150 valence electrons. The Morgan fingerprint density at radius 2 is 1.63 bits per heavy atom. The van der Waals surface area contributed by atoms with Gasteiger partial charge in [0.2, 0.25) is 5.91 Å². The van der Waals surface area contributed by atoms with E-state index in [1.807, 2.05) is 65.6 Å². The summed E-state index contributed by atoms with van der Waals surface area (Å²) in [6.45, 7) is 0.335. The Morgan fingerprint density at radius 3 is 2.33 bits per heavy atom. The van der Waals surface area contributed by atoms with Gasteiger partial charge in [-0.1, -0.05) is 60.3 Å². The summed E-state index contributed by atoms with van der Waals surface area (Å²) in [5.41, 5.74) is 2.42. The molecule has 0 spiro atoms. The van der Waals surface area contributed by atoms with Gasteiger partial charge in [0.05, 0.1) is 5.75 Å². The number of thioether (sulfide) groups is 1. The maximum Gasteiger partial charge on any atom is 0.234 e. The largest absolute Gasteiger partial charge is 0.325 e. The first-order valence-corrected chi connectivity index (χ1v) is 10.4. The van der Waals surface area contributed by atoms with Crippen molar-refractivity contribution in [2.75, 3.05) is 22.6 Å². The number of hydrogen-bond acceptors (Lipinski definition) is 5. The van der Waals surface area contributed by atoms with Crippen molar-refractivity contribution >= 4 is 40.0 Å². The summed E-state index contributed by atoms with van der Waals surface area (Å²) in [7, 11) is 0. The van der Waals surface area contributed by atoms with E-state index < -0.39 is 0 Å². The minimum Gasteiger partial charge on any atom is -0.325 e. The Balaban J connectivity index is 1.53. The van der Waals surface area contributed by atoms with Crippen LogP contribution in [0.3, 0.4) is 0 Å². The summed E-state index contributed by atoms with van der Waals surface area (Å²) in [4.78, 5) is 23.5. The number of carbonyl (C=O) groups is 1. The average Bonchev–Trinajstić information content (AvgIpc) is 2.79. The molecule has 1 aliphatic heterocycles. The van der Waals surface area contributed by atoms with Crippen LogP contribution in [0.25, 0.3) is 0 Å². The Hall–Kier alpha value is -3.45. The third-order valence-electron chi connectivity index (χ3n) is 4.35. The quantitative estimate of drug-likeness (QED) is 0.649. The number of aliphatic imine (C=N–C) groups is 2. The van der Waals surface area contributed by atoms with Gasteiger partial charge in [-0.15, -0.1) is 0 Å². The summed E-state index contributed by atoms with van der Waals surface area (Å²) in [6, 6.07) is 25.2. The highest BCUT2D eigenvalue weighted by molar-refractivity contribution is 8.14. The lowest BCUT2D eigenvalue weighted by atomic mass is 10.2. The molecule has 3 aromatic rings. The molecule has 0 saturated heterocycles. The summed E-state index contributed by atoms with van der Waals surface area (Å²) < 4.78 is 13.4. The predicted molar refractivity (Wildman–Crippen MR) is 122 cm³/mol. The van der Waals surface area contributed by atoms with E-state index >= 15 is 0 Å². The van der Waals surface area contributed by atoms with Gasteiger partial charge in [-0.25, -0.2) is 14.4 Å². The van der Waals surface area contributed by atoms with Crippen LogP contribution < -0.4 is 10.2 Å². The standard InChI is InChI=1S/C23H19FN4OS/c24-18-11-13-20(14-12-18)28-16-25-22(17-7-3-1-4-8-17)27-23(28)30-15-21(29)26-19-9-5-2-6-10-19/h1-14H,15-16H2,(H,26,29). The average molecular weight is 418 g/mol. The Morgan fingerprint density at radius 1 is 0.967 bits per heavy atom. The van der Waals surface area contributed by atoms with Gasteiger partial charge in [-0.2, -0.15) is 0 Å². The summed E-state index contributed by atoms with van der Waals surface area (Å²) >= 11 is 1.32. The smallest absolute Gasteiger partial charge is 0.234 e. The number of anilines is 2. The fourth-order valence-electron chi connectivity index (χ4n) is 2.90. The van der Waals surface area contributed by atoms with Gasteiger partial charge < -0.3 is 10.2 Å². The Kier molecular flexibility index (Phi) is 6.20. The molecule has 1 heterocycles. The van der Waals surface area contributed by atoms with Gasteiger partial charge in [-0.05, 0) is 36.4 Å². The van der Waals surface area contributed by atoms with Crippen molar-refractivity contribution in [1.29, 1.82) is 0 Å². The van der Waals surface area contributed by atoms with Crippen molar-refractivity contribution in [3.05, 3.63) is 96.3 Å². The third-order valence-corrected chi connectivity index (χ3v) is 5.33. The normalized spacial score (nSPS) is 13.4. The number of amidine groups is 2. The highest BCUT2D eigenvalue weighted by atomic mass is 32.2. The van der Waals surface area contributed by atoms with E-state index in [2.05, 4.69) is 10.3 Å². The van der Waals surface area contributed by atoms with Gasteiger partial charge in [0.1, 0.15) is 12.5 Å². The van der Waals surface area contributed by atoms with E-state index in [9.17, 15) is 9.18 Å². The highest BCUT2D eigenvalue weighted by Crippen LogP contribution is 2.24. The lowest BCUT2D eigenvalue weighted by Crippen LogP contribution is -2.34. The van der Waals surface area contributed by atoms with Gasteiger partial charge in [0, 0.05) is 16.9 Å². The predicted octanol–water partition coefficient (Wildman–Crippen LogP) is 4.78. The Labute approximate surface area is 178 Å². The second-order valence-corrected chi connectivity index (χ2v) is 7.43. The zero-order chi connectivity index (χ0) is 20.8. The third kappa shape index (κ3) is 4.93. The second-order valence-electron chi connectivity index (χ2n) is 6.49. The number of para-hydroxylation sites is 1. The van der Waals surface area contributed by atoms with Crippen molar-refractivity contribution < 1.29 is 9.18 Å². The van der Waals surface area contributed by atoms with E-state index in [-0.39, 0.29) is 17.5 Å². The topological polar surface area (TPSA) is 57.1 Å². The molecular weight excluding hydrogens is 399 g/mol. The van der Waals surface area contributed by atoms with Crippen molar-refractivity contribution in [3.63, 3.8) is 0 Å². The zero-order valence-corrected chi connectivity index (χ0v) is 16.8. The molecule has 1 N–H and O–H groups in total. The number of rotatable bonds is 5. The lowest BCUT2D eigenvalue weighted by molar-refractivity contribution is -0.113. The van der Waals surface area contributed by atoms with Crippen LogP contribution in [0.15, 0.2) is 94.9 Å². The fourth-order valence-corrected chi connectivity index (χ4v) is 3.70. The molecule has 7 heteroatoms. The molecule has 1 aliphatic rings. The van der Waals surface area contributed by atoms with Crippen LogP contribution in [0.4, 0.5) is 15.8 Å². The molecule has 5 nitrogen and oxygen atoms in total. The van der Waals surface area contributed by atoms with E-state index in [0.29, 0.717) is 17.7 Å². The number of nitrogens with zero attached hydrogens (tertiary/aromatic N) is 3. The first-order chi connectivity index (χ1) is 14.7. The van der Waals surface area contributed by atoms with Crippen molar-refractivity contribution in [2.45, 2.75) is 0 Å². The maximum absolute atomic E-state index is 13.4. The first kappa shape index (κ1) is 19.8. The SMILES string of the molecule is O=C(CSC1=NC(c2ccccc2)=NCN1c1ccc(F)cc1)Nc1ccccc1. The number of halogens is 1. The summed E-state index contributed by atoms with van der Waals surface area (Å²) in [5.74, 6) is 0.363. The van der Waals surface area contributed by atoms with Crippen LogP contribution in [-0.4, -0.2) is 29.3 Å². The molecule has 4 rings (SSSR count). The van der Waals surface area contributed by atoms with Gasteiger partial charge in [0.25, 0.3) is 0 Å². The van der Waals surface area contributed by atoms with Crippen LogP contribution in [0, 0.1) is 5.82 Å². The van der Waals surface area contributed by atoms with Crippen molar-refractivity contribution in [3.8, 4) is 0 Å². The zero-order valence-electron chi connectivity index (χ0n) is 16.0. The molecule has 0 aliphatic carbocycles. The Bertz CT molecular complexity index is 1070. The molecule has 3 aromatic carbocycles. The number of carbonyl (C=O) groups excluding carboxylic acids is 1. The van der Waals surface area contributed by atoms with Gasteiger partial charge in [-0.3, -0.25) is 4.79 Å².